The Balaban J connectivity index is 2.46. The van der Waals surface area contributed by atoms with Crippen molar-refractivity contribution in [2.45, 2.75) is 33.1 Å². The average molecular weight is 244 g/mol. The third-order valence-electron chi connectivity index (χ3n) is 2.49. The number of aromatic nitrogens is 2. The van der Waals surface area contributed by atoms with Crippen LogP contribution in [0.2, 0.25) is 0 Å². The summed E-state index contributed by atoms with van der Waals surface area (Å²) in [6.07, 6.45) is 7.51. The Kier molecular flexibility index (Phi) is 5.78. The largest absolute Gasteiger partial charge is 0.348 e. The molecule has 4 nitrogen and oxygen atoms in total. The van der Waals surface area contributed by atoms with Crippen LogP contribution in [0.3, 0.4) is 0 Å². The minimum atomic E-state index is -2.42. The van der Waals surface area contributed by atoms with Gasteiger partial charge < -0.3 is 9.51 Å². The van der Waals surface area contributed by atoms with E-state index in [1.807, 2.05) is 6.92 Å². The Morgan fingerprint density at radius 3 is 2.81 bits per heavy atom. The molecule has 1 heterocycles. The van der Waals surface area contributed by atoms with Crippen LogP contribution in [-0.2, 0) is 15.5 Å². The molecular weight excluding hydrogens is 223 g/mol. The predicted octanol–water partition coefficient (Wildman–Crippen LogP) is 3.07. The van der Waals surface area contributed by atoms with Crippen molar-refractivity contribution in [2.75, 3.05) is 18.9 Å². The second-order valence-electron chi connectivity index (χ2n) is 3.86. The number of imidazole rings is 1. The van der Waals surface area contributed by atoms with Crippen molar-refractivity contribution < 1.29 is 9.09 Å². The van der Waals surface area contributed by atoms with Crippen molar-refractivity contribution in [1.29, 1.82) is 0 Å². The minimum Gasteiger partial charge on any atom is -0.348 e. The van der Waals surface area contributed by atoms with Gasteiger partial charge in [0.05, 0.1) is 12.9 Å². The molecule has 0 bridgehead atoms. The number of hydrogen-bond donors (Lipinski definition) is 1. The van der Waals surface area contributed by atoms with Gasteiger partial charge in [-0.25, -0.2) is 4.98 Å². The summed E-state index contributed by atoms with van der Waals surface area (Å²) in [7, 11) is -2.42. The summed E-state index contributed by atoms with van der Waals surface area (Å²) in [5, 5.41) is 0. The van der Waals surface area contributed by atoms with Crippen LogP contribution in [0.1, 0.15) is 32.4 Å². The van der Waals surface area contributed by atoms with E-state index in [0.717, 1.165) is 25.0 Å². The first-order chi connectivity index (χ1) is 7.70. The van der Waals surface area contributed by atoms with Crippen LogP contribution in [0.5, 0.6) is 0 Å². The Labute approximate surface area is 97.3 Å². The van der Waals surface area contributed by atoms with Gasteiger partial charge in [-0.3, -0.25) is 4.57 Å². The molecule has 0 saturated carbocycles. The van der Waals surface area contributed by atoms with Gasteiger partial charge in [-0.1, -0.05) is 13.3 Å². The number of rotatable bonds is 8. The summed E-state index contributed by atoms with van der Waals surface area (Å²) >= 11 is 0. The molecule has 5 heteroatoms. The van der Waals surface area contributed by atoms with E-state index < -0.39 is 7.37 Å². The number of aryl methyl sites for hydroxylation is 1. The molecule has 0 aromatic carbocycles. The van der Waals surface area contributed by atoms with E-state index in [4.69, 9.17) is 4.52 Å². The molecule has 0 aliphatic carbocycles. The van der Waals surface area contributed by atoms with Crippen molar-refractivity contribution >= 4 is 7.37 Å². The normalized spacial score (nSPS) is 14.9. The van der Waals surface area contributed by atoms with E-state index in [1.54, 1.807) is 12.5 Å². The van der Waals surface area contributed by atoms with Crippen LogP contribution >= 0.6 is 7.37 Å². The summed E-state index contributed by atoms with van der Waals surface area (Å²) in [5.41, 5.74) is 1.02. The van der Waals surface area contributed by atoms with Crippen molar-refractivity contribution in [1.82, 2.24) is 9.97 Å². The van der Waals surface area contributed by atoms with Crippen LogP contribution in [0.15, 0.2) is 12.5 Å². The van der Waals surface area contributed by atoms with Crippen molar-refractivity contribution in [3.63, 3.8) is 0 Å². The first kappa shape index (κ1) is 13.5. The fourth-order valence-electron chi connectivity index (χ4n) is 1.59. The Morgan fingerprint density at radius 2 is 2.25 bits per heavy atom. The number of H-pyrrole nitrogens is 1. The van der Waals surface area contributed by atoms with Gasteiger partial charge in [0.2, 0.25) is 7.37 Å². The van der Waals surface area contributed by atoms with E-state index in [0.29, 0.717) is 18.9 Å². The molecule has 0 aliphatic heterocycles. The molecular formula is C11H21N2O2P. The molecule has 92 valence electrons. The van der Waals surface area contributed by atoms with E-state index in [1.165, 1.54) is 0 Å². The van der Waals surface area contributed by atoms with Crippen molar-refractivity contribution in [3.8, 4) is 0 Å². The second kappa shape index (κ2) is 6.87. The number of nitrogens with zero attached hydrogens (tertiary/aromatic N) is 1. The van der Waals surface area contributed by atoms with Gasteiger partial charge in [0.1, 0.15) is 0 Å². The lowest BCUT2D eigenvalue weighted by Crippen LogP contribution is -2.03. The molecule has 0 aliphatic rings. The average Bonchev–Trinajstić information content (AvgIpc) is 2.77. The zero-order valence-corrected chi connectivity index (χ0v) is 11.0. The first-order valence-electron chi connectivity index (χ1n) is 5.90. The smallest absolute Gasteiger partial charge is 0.203 e. The minimum absolute atomic E-state index is 0.532. The summed E-state index contributed by atoms with van der Waals surface area (Å²) in [5.74, 6) is 0. The lowest BCUT2D eigenvalue weighted by molar-refractivity contribution is 0.332. The third-order valence-corrected chi connectivity index (χ3v) is 5.12. The Morgan fingerprint density at radius 1 is 1.44 bits per heavy atom. The van der Waals surface area contributed by atoms with Crippen LogP contribution in [0.4, 0.5) is 0 Å². The van der Waals surface area contributed by atoms with E-state index >= 15 is 0 Å². The van der Waals surface area contributed by atoms with Crippen molar-refractivity contribution in [3.05, 3.63) is 18.2 Å². The molecule has 1 rings (SSSR count). The number of aromatic amines is 1. The highest BCUT2D eigenvalue weighted by Crippen LogP contribution is 2.47. The fraction of sp³-hybridized carbons (Fsp3) is 0.727. The maximum atomic E-state index is 12.4. The van der Waals surface area contributed by atoms with E-state index in [2.05, 4.69) is 16.9 Å². The molecule has 1 aromatic heterocycles. The van der Waals surface area contributed by atoms with Gasteiger partial charge in [0, 0.05) is 24.2 Å². The summed E-state index contributed by atoms with van der Waals surface area (Å²) in [4.78, 5) is 6.97. The molecule has 16 heavy (non-hydrogen) atoms. The summed E-state index contributed by atoms with van der Waals surface area (Å²) in [6, 6.07) is 0. The second-order valence-corrected chi connectivity index (χ2v) is 6.64. The van der Waals surface area contributed by atoms with Crippen LogP contribution < -0.4 is 0 Å². The van der Waals surface area contributed by atoms with Gasteiger partial charge in [-0.15, -0.1) is 0 Å². The van der Waals surface area contributed by atoms with Gasteiger partial charge in [-0.05, 0) is 19.8 Å². The lowest BCUT2D eigenvalue weighted by atomic mass is 10.4. The van der Waals surface area contributed by atoms with E-state index in [9.17, 15) is 4.57 Å². The first-order valence-corrected chi connectivity index (χ1v) is 7.89. The Bertz CT molecular complexity index is 325. The Hall–Kier alpha value is -0.600. The molecule has 0 amide bonds. The monoisotopic (exact) mass is 244 g/mol. The molecule has 1 atom stereocenters. The molecule has 1 N–H and O–H groups in total. The standard InChI is InChI=1S/C11H21N2O2P/c1-3-5-7-16(14,15-4-2)8-6-11-9-12-10-13-11/h9-10H,3-8H2,1-2H3,(H,12,13). The van der Waals surface area contributed by atoms with Crippen LogP contribution in [0.25, 0.3) is 0 Å². The van der Waals surface area contributed by atoms with Gasteiger partial charge >= 0.3 is 0 Å². The highest BCUT2D eigenvalue weighted by atomic mass is 31.2. The number of unbranched alkanes of at least 4 members (excludes halogenated alkanes) is 1. The molecule has 1 aromatic rings. The predicted molar refractivity (Wildman–Crippen MR) is 66.2 cm³/mol. The number of hydrogen-bond acceptors (Lipinski definition) is 3. The van der Waals surface area contributed by atoms with Gasteiger partial charge in [-0.2, -0.15) is 0 Å². The molecule has 0 fully saturated rings. The fourth-order valence-corrected chi connectivity index (χ4v) is 3.92. The quantitative estimate of drug-likeness (QED) is 0.715. The zero-order chi connectivity index (χ0) is 11.9. The highest BCUT2D eigenvalue weighted by Gasteiger charge is 2.21. The molecule has 0 radical (unpaired) electrons. The maximum absolute atomic E-state index is 12.4. The highest BCUT2D eigenvalue weighted by molar-refractivity contribution is 7.58. The van der Waals surface area contributed by atoms with Crippen molar-refractivity contribution in [2.24, 2.45) is 0 Å². The summed E-state index contributed by atoms with van der Waals surface area (Å²) in [6.45, 7) is 4.53. The van der Waals surface area contributed by atoms with Gasteiger partial charge in [0.25, 0.3) is 0 Å². The lowest BCUT2D eigenvalue weighted by Gasteiger charge is -2.17. The van der Waals surface area contributed by atoms with E-state index in [-0.39, 0.29) is 0 Å². The maximum Gasteiger partial charge on any atom is 0.203 e. The molecule has 0 saturated heterocycles. The van der Waals surface area contributed by atoms with Crippen LogP contribution in [-0.4, -0.2) is 28.9 Å². The zero-order valence-electron chi connectivity index (χ0n) is 10.1. The molecule has 0 spiro atoms. The third kappa shape index (κ3) is 4.50. The molecule has 1 unspecified atom stereocenters. The topological polar surface area (TPSA) is 55.0 Å². The van der Waals surface area contributed by atoms with Gasteiger partial charge in [0.15, 0.2) is 0 Å². The SMILES string of the molecule is CCCCP(=O)(CCc1cnc[nH]1)OCC. The van der Waals surface area contributed by atoms with Crippen LogP contribution in [0, 0.1) is 0 Å². The summed E-state index contributed by atoms with van der Waals surface area (Å²) < 4.78 is 17.9. The number of nitrogens with one attached hydrogen (secondary N) is 1.